The van der Waals surface area contributed by atoms with E-state index < -0.39 is 12.8 Å². The van der Waals surface area contributed by atoms with Gasteiger partial charge in [-0.25, -0.2) is 0 Å². The Morgan fingerprint density at radius 1 is 1.37 bits per heavy atom. The van der Waals surface area contributed by atoms with Crippen LogP contribution in [0.2, 0.25) is 0 Å². The van der Waals surface area contributed by atoms with Gasteiger partial charge in [-0.2, -0.15) is 13.2 Å². The molecule has 0 bridgehead atoms. The van der Waals surface area contributed by atoms with Gasteiger partial charge in [0, 0.05) is 18.4 Å². The number of hydrogen-bond acceptors (Lipinski definition) is 5. The first-order valence-electron chi connectivity index (χ1n) is 5.79. The Bertz CT molecular complexity index is 395. The molecule has 0 aromatic carbocycles. The van der Waals surface area contributed by atoms with Gasteiger partial charge in [-0.3, -0.25) is 4.57 Å². The van der Waals surface area contributed by atoms with E-state index in [1.165, 1.54) is 11.8 Å². The van der Waals surface area contributed by atoms with Crippen molar-refractivity contribution in [3.63, 3.8) is 0 Å². The molecule has 0 unspecified atom stereocenters. The lowest BCUT2D eigenvalue weighted by atomic mass is 10.4. The number of nitrogen functional groups attached to an aromatic ring is 1. The molecule has 0 amide bonds. The summed E-state index contributed by atoms with van der Waals surface area (Å²) >= 11 is 1.40. The van der Waals surface area contributed by atoms with Crippen molar-refractivity contribution in [1.29, 1.82) is 0 Å². The summed E-state index contributed by atoms with van der Waals surface area (Å²) in [7, 11) is 0. The van der Waals surface area contributed by atoms with Gasteiger partial charge in [0.2, 0.25) is 5.95 Å². The predicted molar refractivity (Wildman–Crippen MR) is 67.0 cm³/mol. The molecule has 1 aromatic heterocycles. The van der Waals surface area contributed by atoms with Crippen LogP contribution in [0.1, 0.15) is 26.3 Å². The zero-order valence-electron chi connectivity index (χ0n) is 10.8. The van der Waals surface area contributed by atoms with E-state index in [1.807, 2.05) is 13.8 Å². The summed E-state index contributed by atoms with van der Waals surface area (Å²) in [5.41, 5.74) is 5.67. The number of anilines is 1. The molecule has 0 fully saturated rings. The Balaban J connectivity index is 2.27. The molecule has 1 aromatic rings. The maximum absolute atomic E-state index is 11.8. The number of aromatic nitrogens is 3. The second-order valence-corrected chi connectivity index (χ2v) is 5.24. The minimum absolute atomic E-state index is 0.0673. The fraction of sp³-hybridized carbons (Fsp3) is 0.800. The van der Waals surface area contributed by atoms with Gasteiger partial charge in [-0.15, -0.1) is 10.2 Å². The van der Waals surface area contributed by atoms with Gasteiger partial charge in [-0.1, -0.05) is 11.8 Å². The first kappa shape index (κ1) is 16.1. The SMILES string of the molecule is CC(C)n1c(N)nnc1SCCCOCC(F)(F)F. The molecule has 1 rings (SSSR count). The summed E-state index contributed by atoms with van der Waals surface area (Å²) < 4.78 is 41.7. The Labute approximate surface area is 113 Å². The number of ether oxygens (including phenoxy) is 1. The summed E-state index contributed by atoms with van der Waals surface area (Å²) in [5, 5.41) is 8.37. The van der Waals surface area contributed by atoms with Crippen LogP contribution in [0.5, 0.6) is 0 Å². The molecular weight excluding hydrogens is 281 g/mol. The Morgan fingerprint density at radius 2 is 2.05 bits per heavy atom. The first-order chi connectivity index (χ1) is 8.81. The minimum atomic E-state index is -4.26. The number of alkyl halides is 3. The molecule has 2 N–H and O–H groups in total. The van der Waals surface area contributed by atoms with E-state index in [0.29, 0.717) is 23.3 Å². The van der Waals surface area contributed by atoms with Crippen LogP contribution in [-0.2, 0) is 4.74 Å². The Morgan fingerprint density at radius 3 is 2.63 bits per heavy atom. The number of nitrogens with zero attached hydrogens (tertiary/aromatic N) is 3. The van der Waals surface area contributed by atoms with Gasteiger partial charge >= 0.3 is 6.18 Å². The van der Waals surface area contributed by atoms with Gasteiger partial charge in [-0.05, 0) is 20.3 Å². The van der Waals surface area contributed by atoms with Crippen molar-refractivity contribution in [2.75, 3.05) is 24.7 Å². The van der Waals surface area contributed by atoms with E-state index in [2.05, 4.69) is 14.9 Å². The lowest BCUT2D eigenvalue weighted by molar-refractivity contribution is -0.173. The fourth-order valence-electron chi connectivity index (χ4n) is 1.38. The van der Waals surface area contributed by atoms with Crippen LogP contribution in [0, 0.1) is 0 Å². The summed E-state index contributed by atoms with van der Waals surface area (Å²) in [6.45, 7) is 2.77. The molecule has 0 spiro atoms. The van der Waals surface area contributed by atoms with Crippen LogP contribution in [-0.4, -0.2) is 39.9 Å². The Kier molecular flexibility index (Phi) is 5.92. The Hall–Kier alpha value is -0.960. The third kappa shape index (κ3) is 5.68. The average Bonchev–Trinajstić information content (AvgIpc) is 2.63. The van der Waals surface area contributed by atoms with Crippen molar-refractivity contribution in [1.82, 2.24) is 14.8 Å². The molecule has 0 radical (unpaired) electrons. The molecular formula is C10H17F3N4OS. The van der Waals surface area contributed by atoms with E-state index in [-0.39, 0.29) is 12.6 Å². The smallest absolute Gasteiger partial charge is 0.372 e. The molecule has 0 saturated carbocycles. The van der Waals surface area contributed by atoms with Gasteiger partial charge in [0.15, 0.2) is 5.16 Å². The summed E-state index contributed by atoms with van der Waals surface area (Å²) in [4.78, 5) is 0. The summed E-state index contributed by atoms with van der Waals surface area (Å²) in [6.07, 6.45) is -3.76. The molecule has 0 aliphatic heterocycles. The minimum Gasteiger partial charge on any atom is -0.372 e. The predicted octanol–water partition coefficient (Wildman–Crippen LogP) is 2.50. The molecule has 110 valence electrons. The highest BCUT2D eigenvalue weighted by atomic mass is 32.2. The van der Waals surface area contributed by atoms with Gasteiger partial charge in [0.25, 0.3) is 0 Å². The highest BCUT2D eigenvalue weighted by Crippen LogP contribution is 2.23. The van der Waals surface area contributed by atoms with Crippen molar-refractivity contribution in [2.24, 2.45) is 0 Å². The van der Waals surface area contributed by atoms with Crippen LogP contribution in [0.25, 0.3) is 0 Å². The van der Waals surface area contributed by atoms with Crippen LogP contribution in [0.4, 0.5) is 19.1 Å². The quantitative estimate of drug-likeness (QED) is 0.619. The molecule has 5 nitrogen and oxygen atoms in total. The van der Waals surface area contributed by atoms with E-state index >= 15 is 0 Å². The van der Waals surface area contributed by atoms with E-state index in [4.69, 9.17) is 5.73 Å². The van der Waals surface area contributed by atoms with Crippen molar-refractivity contribution in [2.45, 2.75) is 37.6 Å². The van der Waals surface area contributed by atoms with E-state index in [9.17, 15) is 13.2 Å². The lowest BCUT2D eigenvalue weighted by Gasteiger charge is -2.11. The third-order valence-corrected chi connectivity index (χ3v) is 3.17. The monoisotopic (exact) mass is 298 g/mol. The highest BCUT2D eigenvalue weighted by molar-refractivity contribution is 7.99. The molecule has 9 heteroatoms. The van der Waals surface area contributed by atoms with Crippen molar-refractivity contribution in [3.8, 4) is 0 Å². The molecule has 0 atom stereocenters. The number of halogens is 3. The lowest BCUT2D eigenvalue weighted by Crippen LogP contribution is -2.17. The maximum atomic E-state index is 11.8. The van der Waals surface area contributed by atoms with Crippen molar-refractivity contribution < 1.29 is 17.9 Å². The topological polar surface area (TPSA) is 66.0 Å². The van der Waals surface area contributed by atoms with Crippen LogP contribution < -0.4 is 5.73 Å². The molecule has 1 heterocycles. The van der Waals surface area contributed by atoms with Crippen molar-refractivity contribution in [3.05, 3.63) is 0 Å². The largest absolute Gasteiger partial charge is 0.411 e. The molecule has 0 saturated heterocycles. The van der Waals surface area contributed by atoms with Crippen LogP contribution in [0.15, 0.2) is 5.16 Å². The standard InChI is InChI=1S/C10H17F3N4OS/c1-7(2)17-8(14)15-16-9(17)19-5-3-4-18-6-10(11,12)13/h7H,3-6H2,1-2H3,(H2,14,15). The number of hydrogen-bond donors (Lipinski definition) is 1. The highest BCUT2D eigenvalue weighted by Gasteiger charge is 2.27. The maximum Gasteiger partial charge on any atom is 0.411 e. The fourth-order valence-corrected chi connectivity index (χ4v) is 2.37. The third-order valence-electron chi connectivity index (χ3n) is 2.14. The second kappa shape index (κ2) is 6.99. The van der Waals surface area contributed by atoms with Gasteiger partial charge < -0.3 is 10.5 Å². The average molecular weight is 298 g/mol. The molecule has 0 aliphatic rings. The summed E-state index contributed by atoms with van der Waals surface area (Å²) in [5.74, 6) is 0.939. The summed E-state index contributed by atoms with van der Waals surface area (Å²) in [6, 6.07) is 0.138. The molecule has 19 heavy (non-hydrogen) atoms. The van der Waals surface area contributed by atoms with Crippen molar-refractivity contribution >= 4 is 17.7 Å². The van der Waals surface area contributed by atoms with Crippen LogP contribution >= 0.6 is 11.8 Å². The van der Waals surface area contributed by atoms with Gasteiger partial charge in [0.05, 0.1) is 0 Å². The van der Waals surface area contributed by atoms with Gasteiger partial charge in [0.1, 0.15) is 6.61 Å². The number of thioether (sulfide) groups is 1. The normalized spacial score (nSPS) is 12.3. The number of rotatable bonds is 7. The zero-order valence-corrected chi connectivity index (χ0v) is 11.6. The molecule has 0 aliphatic carbocycles. The van der Waals surface area contributed by atoms with E-state index in [0.717, 1.165) is 0 Å². The van der Waals surface area contributed by atoms with Crippen LogP contribution in [0.3, 0.4) is 0 Å². The number of nitrogens with two attached hydrogens (primary N) is 1. The zero-order chi connectivity index (χ0) is 14.5. The first-order valence-corrected chi connectivity index (χ1v) is 6.77. The second-order valence-electron chi connectivity index (χ2n) is 4.17. The van der Waals surface area contributed by atoms with E-state index in [1.54, 1.807) is 4.57 Å².